The minimum absolute atomic E-state index is 0.0507. The van der Waals surface area contributed by atoms with Gasteiger partial charge in [0.1, 0.15) is 11.6 Å². The second-order valence-corrected chi connectivity index (χ2v) is 10.8. The van der Waals surface area contributed by atoms with Crippen molar-refractivity contribution in [2.75, 3.05) is 44.8 Å². The molecule has 0 saturated carbocycles. The molecule has 1 N–H and O–H groups in total. The summed E-state index contributed by atoms with van der Waals surface area (Å²) in [4.78, 5) is 12.0. The van der Waals surface area contributed by atoms with Crippen LogP contribution in [-0.4, -0.2) is 67.1 Å². The summed E-state index contributed by atoms with van der Waals surface area (Å²) in [5.41, 5.74) is 3.46. The van der Waals surface area contributed by atoms with Crippen LogP contribution < -0.4 is 5.32 Å². The number of sulfonamides is 1. The average Bonchev–Trinajstić information content (AvgIpc) is 2.79. The Bertz CT molecular complexity index is 979. The second-order valence-electron chi connectivity index (χ2n) is 8.70. The molecule has 0 aliphatic carbocycles. The zero-order valence-corrected chi connectivity index (χ0v) is 19.4. The van der Waals surface area contributed by atoms with Crippen molar-refractivity contribution in [3.8, 4) is 0 Å². The lowest BCUT2D eigenvalue weighted by Gasteiger charge is -2.32. The first-order valence-electron chi connectivity index (χ1n) is 11.2. The van der Waals surface area contributed by atoms with Crippen LogP contribution in [0, 0.1) is 0 Å². The van der Waals surface area contributed by atoms with Crippen LogP contribution in [0.1, 0.15) is 47.8 Å². The molecule has 7 nitrogen and oxygen atoms in total. The van der Waals surface area contributed by atoms with Crippen LogP contribution in [0.2, 0.25) is 0 Å². The standard InChI is InChI=1S/C23H33N5O2S/c1-24-23-20-17-27(2)14-12-21(20)25-22(26-23)19-11-6-13-28(16-19)31(29,30)15-7-10-18-8-4-3-5-9-18/h3-5,8-9,19H,6-7,10-17H2,1-2H3,(H,24,25,26)/t19-/m0/s1. The topological polar surface area (TPSA) is 78.4 Å². The Hall–Kier alpha value is -2.03. The van der Waals surface area contributed by atoms with Crippen molar-refractivity contribution in [3.63, 3.8) is 0 Å². The third-order valence-electron chi connectivity index (χ3n) is 6.36. The van der Waals surface area contributed by atoms with Gasteiger partial charge in [0.15, 0.2) is 0 Å². The predicted molar refractivity (Wildman–Crippen MR) is 124 cm³/mol. The van der Waals surface area contributed by atoms with Crippen LogP contribution in [0.25, 0.3) is 0 Å². The molecule has 2 aliphatic rings. The first kappa shape index (κ1) is 22.2. The average molecular weight is 444 g/mol. The number of nitrogens with one attached hydrogen (secondary N) is 1. The molecule has 0 unspecified atom stereocenters. The summed E-state index contributed by atoms with van der Waals surface area (Å²) in [6.07, 6.45) is 4.11. The van der Waals surface area contributed by atoms with E-state index in [1.54, 1.807) is 4.31 Å². The van der Waals surface area contributed by atoms with E-state index in [0.717, 1.165) is 56.1 Å². The molecule has 1 fully saturated rings. The second kappa shape index (κ2) is 9.63. The number of aromatic nitrogens is 2. The quantitative estimate of drug-likeness (QED) is 0.709. The number of nitrogens with zero attached hydrogens (tertiary/aromatic N) is 4. The van der Waals surface area contributed by atoms with Crippen LogP contribution >= 0.6 is 0 Å². The van der Waals surface area contributed by atoms with Crippen molar-refractivity contribution >= 4 is 15.8 Å². The maximum atomic E-state index is 13.0. The molecule has 4 rings (SSSR count). The fraction of sp³-hybridized carbons (Fsp3) is 0.565. The molecule has 0 spiro atoms. The van der Waals surface area contributed by atoms with E-state index in [1.165, 1.54) is 11.1 Å². The maximum absolute atomic E-state index is 13.0. The van der Waals surface area contributed by atoms with E-state index in [9.17, 15) is 8.42 Å². The van der Waals surface area contributed by atoms with Crippen LogP contribution in [0.5, 0.6) is 0 Å². The lowest BCUT2D eigenvalue weighted by atomic mass is 9.97. The van der Waals surface area contributed by atoms with Gasteiger partial charge in [-0.25, -0.2) is 22.7 Å². The van der Waals surface area contributed by atoms with Crippen LogP contribution in [0.3, 0.4) is 0 Å². The summed E-state index contributed by atoms with van der Waals surface area (Å²) in [6, 6.07) is 10.1. The van der Waals surface area contributed by atoms with Gasteiger partial charge < -0.3 is 10.2 Å². The highest BCUT2D eigenvalue weighted by Crippen LogP contribution is 2.30. The van der Waals surface area contributed by atoms with Gasteiger partial charge in [-0.2, -0.15) is 0 Å². The van der Waals surface area contributed by atoms with Crippen molar-refractivity contribution in [1.29, 1.82) is 0 Å². The molecule has 2 aliphatic heterocycles. The normalized spacial score (nSPS) is 20.4. The fourth-order valence-electron chi connectivity index (χ4n) is 4.60. The Morgan fingerprint density at radius 1 is 1.16 bits per heavy atom. The number of fused-ring (bicyclic) bond motifs is 1. The van der Waals surface area contributed by atoms with Gasteiger partial charge in [-0.05, 0) is 38.3 Å². The Morgan fingerprint density at radius 3 is 2.74 bits per heavy atom. The van der Waals surface area contributed by atoms with Crippen LogP contribution in [0.4, 0.5) is 5.82 Å². The molecule has 31 heavy (non-hydrogen) atoms. The highest BCUT2D eigenvalue weighted by molar-refractivity contribution is 7.89. The molecule has 0 amide bonds. The van der Waals surface area contributed by atoms with E-state index in [2.05, 4.69) is 17.3 Å². The Kier molecular flexibility index (Phi) is 6.89. The number of likely N-dealkylation sites (N-methyl/N-ethyl adjacent to an activating group) is 1. The molecular formula is C23H33N5O2S. The summed E-state index contributed by atoms with van der Waals surface area (Å²) in [5.74, 6) is 1.91. The number of hydrogen-bond acceptors (Lipinski definition) is 6. The zero-order valence-electron chi connectivity index (χ0n) is 18.5. The minimum Gasteiger partial charge on any atom is -0.373 e. The summed E-state index contributed by atoms with van der Waals surface area (Å²) < 4.78 is 27.7. The third-order valence-corrected chi connectivity index (χ3v) is 8.28. The van der Waals surface area contributed by atoms with E-state index >= 15 is 0 Å². The van der Waals surface area contributed by atoms with E-state index in [4.69, 9.17) is 9.97 Å². The number of benzene rings is 1. The Labute approximate surface area is 185 Å². The number of piperidine rings is 1. The van der Waals surface area contributed by atoms with Gasteiger partial charge in [0.25, 0.3) is 0 Å². The smallest absolute Gasteiger partial charge is 0.214 e. The van der Waals surface area contributed by atoms with Gasteiger partial charge in [0, 0.05) is 51.1 Å². The number of hydrogen-bond donors (Lipinski definition) is 1. The van der Waals surface area contributed by atoms with Crippen LogP contribution in [-0.2, 0) is 29.4 Å². The zero-order chi connectivity index (χ0) is 21.8. The van der Waals surface area contributed by atoms with Crippen molar-refractivity contribution in [2.24, 2.45) is 0 Å². The summed E-state index contributed by atoms with van der Waals surface area (Å²) >= 11 is 0. The Balaban J connectivity index is 1.44. The molecule has 0 bridgehead atoms. The van der Waals surface area contributed by atoms with Gasteiger partial charge in [-0.15, -0.1) is 0 Å². The number of rotatable bonds is 7. The Morgan fingerprint density at radius 2 is 1.97 bits per heavy atom. The van der Waals surface area contributed by atoms with Crippen LogP contribution in [0.15, 0.2) is 30.3 Å². The summed E-state index contributed by atoms with van der Waals surface area (Å²) in [5, 5.41) is 3.23. The molecular weight excluding hydrogens is 410 g/mol. The van der Waals surface area contributed by atoms with Crippen molar-refractivity contribution in [1.82, 2.24) is 19.2 Å². The molecule has 1 saturated heterocycles. The lowest BCUT2D eigenvalue weighted by Crippen LogP contribution is -2.41. The molecule has 8 heteroatoms. The van der Waals surface area contributed by atoms with E-state index in [0.29, 0.717) is 19.5 Å². The molecule has 168 valence electrons. The first-order chi connectivity index (χ1) is 15.0. The number of aryl methyl sites for hydroxylation is 1. The molecule has 1 atom stereocenters. The summed E-state index contributed by atoms with van der Waals surface area (Å²) in [6.45, 7) is 2.91. The maximum Gasteiger partial charge on any atom is 0.214 e. The molecule has 1 aromatic heterocycles. The van der Waals surface area contributed by atoms with Crippen molar-refractivity contribution in [3.05, 3.63) is 53.0 Å². The monoisotopic (exact) mass is 443 g/mol. The first-order valence-corrected chi connectivity index (χ1v) is 12.8. The van der Waals surface area contributed by atoms with E-state index in [-0.39, 0.29) is 11.7 Å². The van der Waals surface area contributed by atoms with Gasteiger partial charge in [-0.3, -0.25) is 0 Å². The van der Waals surface area contributed by atoms with Crippen molar-refractivity contribution < 1.29 is 8.42 Å². The van der Waals surface area contributed by atoms with Crippen molar-refractivity contribution in [2.45, 2.75) is 44.6 Å². The summed E-state index contributed by atoms with van der Waals surface area (Å²) in [7, 11) is 0.724. The lowest BCUT2D eigenvalue weighted by molar-refractivity contribution is 0.300. The predicted octanol–water partition coefficient (Wildman–Crippen LogP) is 2.65. The highest BCUT2D eigenvalue weighted by Gasteiger charge is 2.32. The highest BCUT2D eigenvalue weighted by atomic mass is 32.2. The molecule has 3 heterocycles. The molecule has 2 aromatic rings. The van der Waals surface area contributed by atoms with Gasteiger partial charge in [0.05, 0.1) is 11.4 Å². The number of anilines is 1. The largest absolute Gasteiger partial charge is 0.373 e. The third kappa shape index (κ3) is 5.25. The molecule has 0 radical (unpaired) electrons. The van der Waals surface area contributed by atoms with Gasteiger partial charge >= 0.3 is 0 Å². The van der Waals surface area contributed by atoms with E-state index < -0.39 is 10.0 Å². The van der Waals surface area contributed by atoms with Gasteiger partial charge in [0.2, 0.25) is 10.0 Å². The van der Waals surface area contributed by atoms with E-state index in [1.807, 2.05) is 37.4 Å². The molecule has 1 aromatic carbocycles. The fourth-order valence-corrected chi connectivity index (χ4v) is 6.18. The SMILES string of the molecule is CNc1nc([C@H]2CCCN(S(=O)(=O)CCCc3ccccc3)C2)nc2c1CN(C)CC2. The van der Waals surface area contributed by atoms with Gasteiger partial charge in [-0.1, -0.05) is 30.3 Å². The minimum atomic E-state index is -3.28.